The molecule has 98 valence electrons. The molecule has 0 spiro atoms. The molecule has 0 unspecified atom stereocenters. The minimum atomic E-state index is -0.794. The van der Waals surface area contributed by atoms with Crippen molar-refractivity contribution in [3.8, 4) is 5.75 Å². The Morgan fingerprint density at radius 1 is 1.39 bits per heavy atom. The number of anilines is 1. The Morgan fingerprint density at radius 3 is 2.56 bits per heavy atom. The van der Waals surface area contributed by atoms with Gasteiger partial charge in [-0.2, -0.15) is 0 Å². The van der Waals surface area contributed by atoms with Crippen molar-refractivity contribution in [2.75, 3.05) is 18.9 Å². The number of nitro groups is 1. The van der Waals surface area contributed by atoms with Crippen LogP contribution in [0.3, 0.4) is 0 Å². The monoisotopic (exact) mass is 254 g/mol. The molecule has 0 aliphatic heterocycles. The van der Waals surface area contributed by atoms with Crippen molar-refractivity contribution in [1.82, 2.24) is 0 Å². The minimum Gasteiger partial charge on any atom is -0.494 e. The summed E-state index contributed by atoms with van der Waals surface area (Å²) in [6, 6.07) is 2.57. The molecule has 0 bridgehead atoms. The zero-order chi connectivity index (χ0) is 13.7. The maximum atomic E-state index is 11.6. The summed E-state index contributed by atoms with van der Waals surface area (Å²) in [6.07, 6.45) is 0. The van der Waals surface area contributed by atoms with E-state index in [1.807, 2.05) is 0 Å². The molecule has 1 aromatic rings. The predicted octanol–water partition coefficient (Wildman–Crippen LogP) is 1.75. The number of rotatable bonds is 5. The van der Waals surface area contributed by atoms with E-state index in [2.05, 4.69) is 0 Å². The van der Waals surface area contributed by atoms with Gasteiger partial charge in [-0.05, 0) is 13.8 Å². The lowest BCUT2D eigenvalue weighted by atomic mass is 10.1. The van der Waals surface area contributed by atoms with Crippen LogP contribution in [0.4, 0.5) is 11.4 Å². The van der Waals surface area contributed by atoms with E-state index in [1.54, 1.807) is 13.8 Å². The second kappa shape index (κ2) is 5.85. The van der Waals surface area contributed by atoms with Crippen LogP contribution in [0, 0.1) is 10.1 Å². The number of nitro benzene ring substituents is 1. The summed E-state index contributed by atoms with van der Waals surface area (Å²) in [4.78, 5) is 21.8. The van der Waals surface area contributed by atoms with Crippen LogP contribution < -0.4 is 10.5 Å². The smallest absolute Gasteiger partial charge is 0.345 e. The van der Waals surface area contributed by atoms with E-state index in [4.69, 9.17) is 15.2 Å². The standard InChI is InChI=1S/C11H14N2O5/c1-3-17-7-5-8(11(14)18-4-2)10(13(15)16)9(12)6-7/h5-6H,3-4,12H2,1-2H3. The van der Waals surface area contributed by atoms with Crippen molar-refractivity contribution in [2.45, 2.75) is 13.8 Å². The molecular weight excluding hydrogens is 240 g/mol. The summed E-state index contributed by atoms with van der Waals surface area (Å²) >= 11 is 0. The molecule has 1 aromatic carbocycles. The number of carbonyl (C=O) groups excluding carboxylic acids is 1. The van der Waals surface area contributed by atoms with Crippen molar-refractivity contribution in [3.05, 3.63) is 27.8 Å². The van der Waals surface area contributed by atoms with Gasteiger partial charge in [-0.1, -0.05) is 0 Å². The average Bonchev–Trinajstić information content (AvgIpc) is 2.28. The summed E-state index contributed by atoms with van der Waals surface area (Å²) in [7, 11) is 0. The normalized spacial score (nSPS) is 9.89. The van der Waals surface area contributed by atoms with Crippen LogP contribution in [0.25, 0.3) is 0 Å². The second-order valence-corrected chi connectivity index (χ2v) is 3.32. The molecule has 0 radical (unpaired) electrons. The Bertz CT molecular complexity index is 473. The van der Waals surface area contributed by atoms with Crippen LogP contribution >= 0.6 is 0 Å². The predicted molar refractivity (Wildman–Crippen MR) is 64.6 cm³/mol. The van der Waals surface area contributed by atoms with Gasteiger partial charge in [-0.15, -0.1) is 0 Å². The maximum absolute atomic E-state index is 11.6. The topological polar surface area (TPSA) is 105 Å². The van der Waals surface area contributed by atoms with E-state index < -0.39 is 16.6 Å². The number of hydrogen-bond acceptors (Lipinski definition) is 6. The van der Waals surface area contributed by atoms with E-state index in [1.165, 1.54) is 12.1 Å². The Balaban J connectivity index is 3.32. The zero-order valence-electron chi connectivity index (χ0n) is 10.1. The lowest BCUT2D eigenvalue weighted by Crippen LogP contribution is -2.10. The van der Waals surface area contributed by atoms with Gasteiger partial charge in [-0.25, -0.2) is 4.79 Å². The zero-order valence-corrected chi connectivity index (χ0v) is 10.1. The first-order valence-corrected chi connectivity index (χ1v) is 5.39. The summed E-state index contributed by atoms with van der Waals surface area (Å²) in [5.74, 6) is -0.499. The molecule has 0 atom stereocenters. The molecule has 0 amide bonds. The molecule has 1 rings (SSSR count). The number of hydrogen-bond donors (Lipinski definition) is 1. The molecule has 0 heterocycles. The van der Waals surface area contributed by atoms with Gasteiger partial charge < -0.3 is 15.2 Å². The van der Waals surface area contributed by atoms with Crippen LogP contribution in [0.1, 0.15) is 24.2 Å². The van der Waals surface area contributed by atoms with Gasteiger partial charge in [0.25, 0.3) is 0 Å². The van der Waals surface area contributed by atoms with Gasteiger partial charge in [-0.3, -0.25) is 10.1 Å². The number of carbonyl (C=O) groups is 1. The van der Waals surface area contributed by atoms with E-state index in [0.29, 0.717) is 12.4 Å². The summed E-state index contributed by atoms with van der Waals surface area (Å²) < 4.78 is 9.93. The highest BCUT2D eigenvalue weighted by Gasteiger charge is 2.26. The molecule has 2 N–H and O–H groups in total. The van der Waals surface area contributed by atoms with E-state index in [-0.39, 0.29) is 17.9 Å². The number of benzene rings is 1. The largest absolute Gasteiger partial charge is 0.494 e. The van der Waals surface area contributed by atoms with Crippen molar-refractivity contribution in [1.29, 1.82) is 0 Å². The highest BCUT2D eigenvalue weighted by atomic mass is 16.6. The van der Waals surface area contributed by atoms with Crippen LogP contribution in [0.2, 0.25) is 0 Å². The van der Waals surface area contributed by atoms with Crippen molar-refractivity contribution in [2.24, 2.45) is 0 Å². The molecule has 0 saturated carbocycles. The Kier molecular flexibility index (Phi) is 4.47. The average molecular weight is 254 g/mol. The first-order chi connectivity index (χ1) is 8.51. The lowest BCUT2D eigenvalue weighted by Gasteiger charge is -2.08. The molecule has 0 saturated heterocycles. The Morgan fingerprint density at radius 2 is 2.06 bits per heavy atom. The van der Waals surface area contributed by atoms with Gasteiger partial charge in [0.05, 0.1) is 18.1 Å². The van der Waals surface area contributed by atoms with Gasteiger partial charge >= 0.3 is 11.7 Å². The molecule has 7 heteroatoms. The third-order valence-corrected chi connectivity index (χ3v) is 2.10. The number of nitrogens with zero attached hydrogens (tertiary/aromatic N) is 1. The van der Waals surface area contributed by atoms with Crippen molar-refractivity contribution < 1.29 is 19.2 Å². The van der Waals surface area contributed by atoms with E-state index in [9.17, 15) is 14.9 Å². The summed E-state index contributed by atoms with van der Waals surface area (Å²) in [5, 5.41) is 10.9. The fourth-order valence-corrected chi connectivity index (χ4v) is 1.45. The van der Waals surface area contributed by atoms with Gasteiger partial charge in [0.15, 0.2) is 0 Å². The molecule has 7 nitrogen and oxygen atoms in total. The summed E-state index contributed by atoms with van der Waals surface area (Å²) in [6.45, 7) is 3.84. The fourth-order valence-electron chi connectivity index (χ4n) is 1.45. The van der Waals surface area contributed by atoms with Gasteiger partial charge in [0.1, 0.15) is 17.0 Å². The lowest BCUT2D eigenvalue weighted by molar-refractivity contribution is -0.384. The maximum Gasteiger partial charge on any atom is 0.345 e. The minimum absolute atomic E-state index is 0.120. The molecule has 18 heavy (non-hydrogen) atoms. The van der Waals surface area contributed by atoms with Crippen LogP contribution in [-0.2, 0) is 4.74 Å². The second-order valence-electron chi connectivity index (χ2n) is 3.32. The molecule has 0 aliphatic rings. The molecular formula is C11H14N2O5. The van der Waals surface area contributed by atoms with Crippen molar-refractivity contribution >= 4 is 17.3 Å². The SMILES string of the molecule is CCOC(=O)c1cc(OCC)cc(N)c1[N+](=O)[O-]. The first kappa shape index (κ1) is 13.8. The highest BCUT2D eigenvalue weighted by molar-refractivity contribution is 5.97. The molecule has 0 aromatic heterocycles. The fraction of sp³-hybridized carbons (Fsp3) is 0.364. The van der Waals surface area contributed by atoms with E-state index >= 15 is 0 Å². The van der Waals surface area contributed by atoms with E-state index in [0.717, 1.165) is 0 Å². The quantitative estimate of drug-likeness (QED) is 0.371. The van der Waals surface area contributed by atoms with Gasteiger partial charge in [0.2, 0.25) is 0 Å². The van der Waals surface area contributed by atoms with Crippen LogP contribution in [0.5, 0.6) is 5.75 Å². The van der Waals surface area contributed by atoms with Crippen LogP contribution in [-0.4, -0.2) is 24.1 Å². The first-order valence-electron chi connectivity index (χ1n) is 5.39. The third-order valence-electron chi connectivity index (χ3n) is 2.10. The van der Waals surface area contributed by atoms with Crippen LogP contribution in [0.15, 0.2) is 12.1 Å². The Labute approximate surface area is 104 Å². The Hall–Kier alpha value is -2.31. The van der Waals surface area contributed by atoms with Crippen molar-refractivity contribution in [3.63, 3.8) is 0 Å². The highest BCUT2D eigenvalue weighted by Crippen LogP contribution is 2.31. The van der Waals surface area contributed by atoms with Gasteiger partial charge in [0, 0.05) is 12.1 Å². The number of nitrogen functional groups attached to an aromatic ring is 1. The number of esters is 1. The third kappa shape index (κ3) is 2.88. The molecule has 0 fully saturated rings. The molecule has 0 aliphatic carbocycles. The number of nitrogens with two attached hydrogens (primary N) is 1. The summed E-state index contributed by atoms with van der Waals surface area (Å²) in [5.41, 5.74) is 4.76. The number of ether oxygens (including phenoxy) is 2.